The van der Waals surface area contributed by atoms with Crippen molar-refractivity contribution in [2.45, 2.75) is 38.3 Å². The van der Waals surface area contributed by atoms with Crippen LogP contribution in [0.1, 0.15) is 31.2 Å². The van der Waals surface area contributed by atoms with Crippen LogP contribution in [0.15, 0.2) is 36.4 Å². The van der Waals surface area contributed by atoms with Crippen molar-refractivity contribution in [3.8, 4) is 5.75 Å². The Balaban J connectivity index is 1.59. The van der Waals surface area contributed by atoms with Gasteiger partial charge in [-0.25, -0.2) is 0 Å². The predicted octanol–water partition coefficient (Wildman–Crippen LogP) is 3.82. The molecule has 2 nitrogen and oxygen atoms in total. The molecule has 0 spiro atoms. The molecule has 2 aliphatic rings. The minimum atomic E-state index is 0.418. The molecule has 0 saturated heterocycles. The third-order valence-corrected chi connectivity index (χ3v) is 4.79. The summed E-state index contributed by atoms with van der Waals surface area (Å²) in [5, 5.41) is 16.3. The third kappa shape index (κ3) is 2.29. The highest BCUT2D eigenvalue weighted by atomic mass is 16.3. The Bertz CT molecular complexity index is 616. The molecular weight excluding hydrogens is 246 g/mol. The number of aromatic hydroxyl groups is 1. The second-order valence-electron chi connectivity index (χ2n) is 6.37. The number of benzene rings is 2. The van der Waals surface area contributed by atoms with Crippen LogP contribution in [0.25, 0.3) is 10.8 Å². The SMILES string of the molecule is Oc1ccc2ccccc2c1CNC(C1CC1)C1CC1. The maximum atomic E-state index is 10.2. The van der Waals surface area contributed by atoms with E-state index in [1.165, 1.54) is 36.5 Å². The van der Waals surface area contributed by atoms with E-state index >= 15 is 0 Å². The number of phenols is 1. The third-order valence-electron chi connectivity index (χ3n) is 4.79. The monoisotopic (exact) mass is 267 g/mol. The summed E-state index contributed by atoms with van der Waals surface area (Å²) in [4.78, 5) is 0. The molecule has 0 heterocycles. The van der Waals surface area contributed by atoms with Crippen LogP contribution < -0.4 is 5.32 Å². The van der Waals surface area contributed by atoms with Crippen LogP contribution in [0, 0.1) is 11.8 Å². The summed E-state index contributed by atoms with van der Waals surface area (Å²) in [6.45, 7) is 0.783. The lowest BCUT2D eigenvalue weighted by molar-refractivity contribution is 0.407. The Labute approximate surface area is 119 Å². The van der Waals surface area contributed by atoms with Crippen LogP contribution >= 0.6 is 0 Å². The van der Waals surface area contributed by atoms with Crippen LogP contribution in [-0.4, -0.2) is 11.1 Å². The lowest BCUT2D eigenvalue weighted by atomic mass is 10.0. The minimum absolute atomic E-state index is 0.418. The van der Waals surface area contributed by atoms with Crippen molar-refractivity contribution in [3.63, 3.8) is 0 Å². The Morgan fingerprint density at radius 3 is 2.40 bits per heavy atom. The fourth-order valence-electron chi connectivity index (χ4n) is 3.36. The van der Waals surface area contributed by atoms with E-state index in [0.717, 1.165) is 23.9 Å². The van der Waals surface area contributed by atoms with Crippen molar-refractivity contribution in [2.75, 3.05) is 0 Å². The van der Waals surface area contributed by atoms with Gasteiger partial charge in [0.05, 0.1) is 0 Å². The van der Waals surface area contributed by atoms with E-state index in [4.69, 9.17) is 0 Å². The predicted molar refractivity (Wildman–Crippen MR) is 81.7 cm³/mol. The first-order valence-corrected chi connectivity index (χ1v) is 7.76. The van der Waals surface area contributed by atoms with E-state index in [1.807, 2.05) is 24.3 Å². The number of phenolic OH excluding ortho intramolecular Hbond substituents is 1. The maximum Gasteiger partial charge on any atom is 0.120 e. The molecule has 0 amide bonds. The van der Waals surface area contributed by atoms with Gasteiger partial charge in [0.2, 0.25) is 0 Å². The topological polar surface area (TPSA) is 32.3 Å². The smallest absolute Gasteiger partial charge is 0.120 e. The maximum absolute atomic E-state index is 10.2. The average Bonchev–Trinajstić information content (AvgIpc) is 3.35. The molecule has 0 bridgehead atoms. The highest BCUT2D eigenvalue weighted by molar-refractivity contribution is 5.87. The van der Waals surface area contributed by atoms with Crippen LogP contribution in [-0.2, 0) is 6.54 Å². The van der Waals surface area contributed by atoms with Gasteiger partial charge in [-0.1, -0.05) is 30.3 Å². The summed E-state index contributed by atoms with van der Waals surface area (Å²) in [6, 6.07) is 12.8. The molecule has 0 radical (unpaired) electrons. The number of hydrogen-bond donors (Lipinski definition) is 2. The second kappa shape index (κ2) is 4.78. The molecule has 4 rings (SSSR count). The van der Waals surface area contributed by atoms with Gasteiger partial charge in [-0.05, 0) is 54.4 Å². The van der Waals surface area contributed by atoms with Gasteiger partial charge in [0, 0.05) is 18.2 Å². The number of fused-ring (bicyclic) bond motifs is 1. The van der Waals surface area contributed by atoms with E-state index in [1.54, 1.807) is 0 Å². The molecule has 2 fully saturated rings. The fourth-order valence-corrected chi connectivity index (χ4v) is 3.36. The van der Waals surface area contributed by atoms with Crippen molar-refractivity contribution >= 4 is 10.8 Å². The van der Waals surface area contributed by atoms with Gasteiger partial charge in [-0.2, -0.15) is 0 Å². The van der Waals surface area contributed by atoms with Crippen molar-refractivity contribution < 1.29 is 5.11 Å². The van der Waals surface area contributed by atoms with E-state index < -0.39 is 0 Å². The minimum Gasteiger partial charge on any atom is -0.508 e. The Hall–Kier alpha value is -1.54. The molecule has 20 heavy (non-hydrogen) atoms. The van der Waals surface area contributed by atoms with E-state index in [9.17, 15) is 5.11 Å². The molecule has 2 aromatic carbocycles. The Kier molecular flexibility index (Phi) is 2.92. The van der Waals surface area contributed by atoms with E-state index in [-0.39, 0.29) is 0 Å². The molecule has 0 atom stereocenters. The van der Waals surface area contributed by atoms with Crippen LogP contribution in [0.4, 0.5) is 0 Å². The molecule has 0 unspecified atom stereocenters. The lowest BCUT2D eigenvalue weighted by Gasteiger charge is -2.19. The van der Waals surface area contributed by atoms with Crippen LogP contribution in [0.2, 0.25) is 0 Å². The summed E-state index contributed by atoms with van der Waals surface area (Å²) >= 11 is 0. The molecule has 2 aromatic rings. The zero-order valence-corrected chi connectivity index (χ0v) is 11.7. The van der Waals surface area contributed by atoms with Gasteiger partial charge in [-0.15, -0.1) is 0 Å². The number of rotatable bonds is 5. The van der Waals surface area contributed by atoms with Gasteiger partial charge in [0.15, 0.2) is 0 Å². The highest BCUT2D eigenvalue weighted by Gasteiger charge is 2.41. The first-order chi connectivity index (χ1) is 9.83. The molecule has 2 aliphatic carbocycles. The van der Waals surface area contributed by atoms with Crippen LogP contribution in [0.5, 0.6) is 5.75 Å². The van der Waals surface area contributed by atoms with Gasteiger partial charge in [0.25, 0.3) is 0 Å². The largest absolute Gasteiger partial charge is 0.508 e. The van der Waals surface area contributed by atoms with Gasteiger partial charge in [-0.3, -0.25) is 0 Å². The molecule has 2 heteroatoms. The summed E-state index contributed by atoms with van der Waals surface area (Å²) in [7, 11) is 0. The summed E-state index contributed by atoms with van der Waals surface area (Å²) < 4.78 is 0. The molecule has 2 saturated carbocycles. The molecule has 104 valence electrons. The van der Waals surface area contributed by atoms with Gasteiger partial charge in [0.1, 0.15) is 5.75 Å². The summed E-state index contributed by atoms with van der Waals surface area (Å²) in [5.74, 6) is 2.20. The zero-order valence-electron chi connectivity index (χ0n) is 11.7. The first-order valence-electron chi connectivity index (χ1n) is 7.76. The average molecular weight is 267 g/mol. The molecule has 2 N–H and O–H groups in total. The quantitative estimate of drug-likeness (QED) is 0.863. The standard InChI is InChI=1S/C18H21NO/c20-17-10-9-12-3-1-2-4-15(12)16(17)11-19-18(13-5-6-13)14-7-8-14/h1-4,9-10,13-14,18-20H,5-8,11H2. The van der Waals surface area contributed by atoms with Crippen molar-refractivity contribution in [1.29, 1.82) is 0 Å². The normalized spacial score (nSPS) is 18.9. The van der Waals surface area contributed by atoms with Crippen molar-refractivity contribution in [1.82, 2.24) is 5.32 Å². The number of hydrogen-bond acceptors (Lipinski definition) is 2. The summed E-state index contributed by atoms with van der Waals surface area (Å²) in [6.07, 6.45) is 5.54. The Morgan fingerprint density at radius 2 is 1.70 bits per heavy atom. The molecular formula is C18H21NO. The number of nitrogens with one attached hydrogen (secondary N) is 1. The van der Waals surface area contributed by atoms with Crippen LogP contribution in [0.3, 0.4) is 0 Å². The molecule has 0 aliphatic heterocycles. The first kappa shape index (κ1) is 12.2. The Morgan fingerprint density at radius 1 is 1.00 bits per heavy atom. The van der Waals surface area contributed by atoms with E-state index in [0.29, 0.717) is 11.8 Å². The van der Waals surface area contributed by atoms with Crippen molar-refractivity contribution in [2.24, 2.45) is 11.8 Å². The second-order valence-corrected chi connectivity index (χ2v) is 6.37. The van der Waals surface area contributed by atoms with Gasteiger partial charge < -0.3 is 10.4 Å². The van der Waals surface area contributed by atoms with Gasteiger partial charge >= 0.3 is 0 Å². The van der Waals surface area contributed by atoms with E-state index in [2.05, 4.69) is 17.4 Å². The zero-order chi connectivity index (χ0) is 13.5. The lowest BCUT2D eigenvalue weighted by Crippen LogP contribution is -2.32. The fraction of sp³-hybridized carbons (Fsp3) is 0.444. The van der Waals surface area contributed by atoms with Crippen molar-refractivity contribution in [3.05, 3.63) is 42.0 Å². The molecule has 0 aromatic heterocycles. The summed E-state index contributed by atoms with van der Waals surface area (Å²) in [5.41, 5.74) is 1.05. The highest BCUT2D eigenvalue weighted by Crippen LogP contribution is 2.44.